The van der Waals surface area contributed by atoms with Crippen LogP contribution in [0.25, 0.3) is 10.9 Å². The van der Waals surface area contributed by atoms with Gasteiger partial charge in [0.2, 0.25) is 0 Å². The first kappa shape index (κ1) is 16.6. The number of nitrogens with zero attached hydrogens (tertiary/aromatic N) is 2. The average molecular weight is 331 g/mol. The maximum atomic E-state index is 10.8. The Morgan fingerprint density at radius 3 is 2.48 bits per heavy atom. The van der Waals surface area contributed by atoms with Gasteiger partial charge in [-0.15, -0.1) is 0 Å². The molecule has 0 aliphatic heterocycles. The molecule has 0 bridgehead atoms. The Balaban J connectivity index is 1.82. The zero-order valence-corrected chi connectivity index (χ0v) is 14.0. The molecule has 5 heteroatoms. The van der Waals surface area contributed by atoms with Gasteiger partial charge in [-0.2, -0.15) is 10.5 Å². The van der Waals surface area contributed by atoms with E-state index in [4.69, 9.17) is 15.3 Å². The van der Waals surface area contributed by atoms with Gasteiger partial charge in [0.25, 0.3) is 0 Å². The minimum atomic E-state index is -1.23. The third-order valence-corrected chi connectivity index (χ3v) is 4.17. The summed E-state index contributed by atoms with van der Waals surface area (Å²) < 4.78 is 5.66. The van der Waals surface area contributed by atoms with Gasteiger partial charge >= 0.3 is 0 Å². The first-order valence-corrected chi connectivity index (χ1v) is 7.82. The number of hydrogen-bond acceptors (Lipinski definition) is 4. The van der Waals surface area contributed by atoms with Crippen LogP contribution in [0.1, 0.15) is 29.3 Å². The van der Waals surface area contributed by atoms with E-state index < -0.39 is 5.60 Å². The number of fused-ring (bicyclic) bond motifs is 1. The minimum absolute atomic E-state index is 0.0514. The third kappa shape index (κ3) is 3.33. The number of H-pyrrole nitrogens is 1. The maximum Gasteiger partial charge on any atom is 0.135 e. The van der Waals surface area contributed by atoms with Crippen molar-refractivity contribution in [2.75, 3.05) is 6.61 Å². The summed E-state index contributed by atoms with van der Waals surface area (Å²) >= 11 is 0. The van der Waals surface area contributed by atoms with Crippen LogP contribution in [0, 0.1) is 29.6 Å². The molecule has 0 radical (unpaired) electrons. The second kappa shape index (κ2) is 6.32. The van der Waals surface area contributed by atoms with Crippen LogP contribution in [0.5, 0.6) is 5.75 Å². The molecule has 1 unspecified atom stereocenters. The number of nitrogens with one attached hydrogen (secondary N) is 1. The Kier molecular flexibility index (Phi) is 4.19. The molecule has 0 saturated heterocycles. The summed E-state index contributed by atoms with van der Waals surface area (Å²) in [5.41, 5.74) is 2.31. The van der Waals surface area contributed by atoms with Gasteiger partial charge in [-0.25, -0.2) is 0 Å². The van der Waals surface area contributed by atoms with Crippen molar-refractivity contribution >= 4 is 10.9 Å². The topological polar surface area (TPSA) is 92.8 Å². The van der Waals surface area contributed by atoms with Crippen molar-refractivity contribution in [3.05, 3.63) is 64.8 Å². The van der Waals surface area contributed by atoms with Crippen molar-refractivity contribution in [3.63, 3.8) is 0 Å². The van der Waals surface area contributed by atoms with Crippen LogP contribution in [-0.4, -0.2) is 16.7 Å². The molecule has 0 aliphatic rings. The van der Waals surface area contributed by atoms with Gasteiger partial charge < -0.3 is 14.8 Å². The number of aliphatic hydroxyl groups is 1. The fraction of sp³-hybridized carbons (Fsp3) is 0.200. The summed E-state index contributed by atoms with van der Waals surface area (Å²) in [6, 6.07) is 16.5. The zero-order chi connectivity index (χ0) is 18.0. The van der Waals surface area contributed by atoms with Gasteiger partial charge in [0.15, 0.2) is 0 Å². The molecular weight excluding hydrogens is 314 g/mol. The monoisotopic (exact) mass is 331 g/mol. The molecule has 2 N–H and O–H groups in total. The van der Waals surface area contributed by atoms with Gasteiger partial charge in [-0.1, -0.05) is 0 Å². The lowest BCUT2D eigenvalue weighted by Gasteiger charge is -2.22. The lowest BCUT2D eigenvalue weighted by molar-refractivity contribution is 0.00451. The SMILES string of the molecule is Cc1cc2[nH]c(C(C)(O)COc3ccc(C#N)cc3)cc2cc1C#N. The van der Waals surface area contributed by atoms with E-state index in [1.54, 1.807) is 31.2 Å². The molecule has 0 fully saturated rings. The molecule has 0 spiro atoms. The Bertz CT molecular complexity index is 1000. The molecule has 1 aromatic heterocycles. The standard InChI is InChI=1S/C20H17N3O2/c1-13-7-18-15(8-16(13)11-22)9-19(23-18)20(2,24)12-25-17-5-3-14(10-21)4-6-17/h3-9,23-24H,12H2,1-2H3. The van der Waals surface area contributed by atoms with E-state index in [1.807, 2.05) is 31.2 Å². The first-order chi connectivity index (χ1) is 11.9. The van der Waals surface area contributed by atoms with Crippen LogP contribution in [-0.2, 0) is 5.60 Å². The number of aromatic amines is 1. The van der Waals surface area contributed by atoms with Crippen molar-refractivity contribution in [2.45, 2.75) is 19.4 Å². The quantitative estimate of drug-likeness (QED) is 0.765. The zero-order valence-electron chi connectivity index (χ0n) is 14.0. The van der Waals surface area contributed by atoms with Gasteiger partial charge in [0.05, 0.1) is 29.0 Å². The summed E-state index contributed by atoms with van der Waals surface area (Å²) in [6.07, 6.45) is 0. The van der Waals surface area contributed by atoms with Crippen LogP contribution in [0.4, 0.5) is 0 Å². The van der Waals surface area contributed by atoms with Gasteiger partial charge in [0.1, 0.15) is 18.0 Å². The first-order valence-electron chi connectivity index (χ1n) is 7.82. The van der Waals surface area contributed by atoms with E-state index in [9.17, 15) is 5.11 Å². The molecular formula is C20H17N3O2. The Labute approximate surface area is 145 Å². The fourth-order valence-corrected chi connectivity index (χ4v) is 2.63. The number of hydrogen-bond donors (Lipinski definition) is 2. The van der Waals surface area contributed by atoms with Gasteiger partial charge in [-0.05, 0) is 61.9 Å². The summed E-state index contributed by atoms with van der Waals surface area (Å²) in [7, 11) is 0. The Morgan fingerprint density at radius 1 is 1.12 bits per heavy atom. The average Bonchev–Trinajstić information content (AvgIpc) is 3.03. The van der Waals surface area contributed by atoms with E-state index in [1.165, 1.54) is 0 Å². The third-order valence-electron chi connectivity index (χ3n) is 4.17. The Hall–Kier alpha value is -3.28. The molecule has 124 valence electrons. The van der Waals surface area contributed by atoms with Crippen LogP contribution in [0.15, 0.2) is 42.5 Å². The molecule has 0 amide bonds. The predicted molar refractivity (Wildman–Crippen MR) is 94.0 cm³/mol. The van der Waals surface area contributed by atoms with E-state index in [0.717, 1.165) is 16.5 Å². The smallest absolute Gasteiger partial charge is 0.135 e. The number of ether oxygens (including phenoxy) is 1. The normalized spacial score (nSPS) is 13.0. The van der Waals surface area contributed by atoms with Crippen LogP contribution in [0.3, 0.4) is 0 Å². The lowest BCUT2D eigenvalue weighted by Crippen LogP contribution is -2.29. The highest BCUT2D eigenvalue weighted by molar-refractivity contribution is 5.83. The van der Waals surface area contributed by atoms with Crippen LogP contribution < -0.4 is 4.74 Å². The molecule has 0 aliphatic carbocycles. The van der Waals surface area contributed by atoms with Crippen molar-refractivity contribution in [2.24, 2.45) is 0 Å². The summed E-state index contributed by atoms with van der Waals surface area (Å²) in [5, 5.41) is 29.6. The second-order valence-corrected chi connectivity index (χ2v) is 6.25. The molecule has 3 aromatic rings. The predicted octanol–water partition coefficient (Wildman–Crippen LogP) is 3.51. The lowest BCUT2D eigenvalue weighted by atomic mass is 10.0. The highest BCUT2D eigenvalue weighted by Gasteiger charge is 2.26. The maximum absolute atomic E-state index is 10.8. The summed E-state index contributed by atoms with van der Waals surface area (Å²) in [4.78, 5) is 3.20. The molecule has 25 heavy (non-hydrogen) atoms. The van der Waals surface area contributed by atoms with E-state index in [0.29, 0.717) is 22.6 Å². The van der Waals surface area contributed by atoms with Crippen molar-refractivity contribution in [1.29, 1.82) is 10.5 Å². The van der Waals surface area contributed by atoms with Gasteiger partial charge in [0, 0.05) is 10.9 Å². The van der Waals surface area contributed by atoms with E-state index in [2.05, 4.69) is 11.1 Å². The molecule has 1 atom stereocenters. The molecule has 1 heterocycles. The Morgan fingerprint density at radius 2 is 1.84 bits per heavy atom. The number of nitriles is 2. The van der Waals surface area contributed by atoms with Crippen molar-refractivity contribution in [1.82, 2.24) is 4.98 Å². The highest BCUT2D eigenvalue weighted by atomic mass is 16.5. The van der Waals surface area contributed by atoms with Crippen LogP contribution >= 0.6 is 0 Å². The van der Waals surface area contributed by atoms with E-state index in [-0.39, 0.29) is 6.61 Å². The number of rotatable bonds is 4. The van der Waals surface area contributed by atoms with Crippen LogP contribution in [0.2, 0.25) is 0 Å². The van der Waals surface area contributed by atoms with Gasteiger partial charge in [-0.3, -0.25) is 0 Å². The molecule has 3 rings (SSSR count). The van der Waals surface area contributed by atoms with E-state index >= 15 is 0 Å². The largest absolute Gasteiger partial charge is 0.490 e. The number of aromatic nitrogens is 1. The molecule has 2 aromatic carbocycles. The number of aryl methyl sites for hydroxylation is 1. The van der Waals surface area contributed by atoms with Crippen molar-refractivity contribution in [3.8, 4) is 17.9 Å². The minimum Gasteiger partial charge on any atom is -0.490 e. The summed E-state index contributed by atoms with van der Waals surface area (Å²) in [6.45, 7) is 3.60. The molecule has 5 nitrogen and oxygen atoms in total. The molecule has 0 saturated carbocycles. The number of benzene rings is 2. The summed E-state index contributed by atoms with van der Waals surface area (Å²) in [5.74, 6) is 0.581. The fourth-order valence-electron chi connectivity index (χ4n) is 2.63. The highest BCUT2D eigenvalue weighted by Crippen LogP contribution is 2.27. The van der Waals surface area contributed by atoms with Crippen molar-refractivity contribution < 1.29 is 9.84 Å². The second-order valence-electron chi connectivity index (χ2n) is 6.25.